The summed E-state index contributed by atoms with van der Waals surface area (Å²) in [5.41, 5.74) is 7.19. The molecule has 0 spiro atoms. The molecule has 0 unspecified atom stereocenters. The SMILES string of the molecule is CN(CCN1CCCC1)Cc1cccnc1C(N)=NO. The van der Waals surface area contributed by atoms with Crippen molar-refractivity contribution < 1.29 is 5.21 Å². The highest BCUT2D eigenvalue weighted by Crippen LogP contribution is 2.10. The van der Waals surface area contributed by atoms with Crippen LogP contribution in [-0.4, -0.2) is 59.1 Å². The number of likely N-dealkylation sites (N-methyl/N-ethyl adjacent to an activating group) is 1. The van der Waals surface area contributed by atoms with E-state index < -0.39 is 0 Å². The van der Waals surface area contributed by atoms with Gasteiger partial charge in [-0.25, -0.2) is 0 Å². The van der Waals surface area contributed by atoms with E-state index in [2.05, 4.69) is 27.0 Å². The molecule has 1 aliphatic heterocycles. The van der Waals surface area contributed by atoms with Crippen molar-refractivity contribution in [1.29, 1.82) is 0 Å². The third-order valence-corrected chi connectivity index (χ3v) is 3.68. The summed E-state index contributed by atoms with van der Waals surface area (Å²) in [6, 6.07) is 3.84. The molecule has 0 saturated carbocycles. The molecule has 20 heavy (non-hydrogen) atoms. The van der Waals surface area contributed by atoms with Crippen LogP contribution in [-0.2, 0) is 6.54 Å². The summed E-state index contributed by atoms with van der Waals surface area (Å²) >= 11 is 0. The summed E-state index contributed by atoms with van der Waals surface area (Å²) in [5, 5.41) is 11.8. The molecule has 1 aliphatic rings. The lowest BCUT2D eigenvalue weighted by Crippen LogP contribution is -2.31. The first-order valence-electron chi connectivity index (χ1n) is 7.03. The van der Waals surface area contributed by atoms with Gasteiger partial charge in [-0.2, -0.15) is 0 Å². The molecule has 3 N–H and O–H groups in total. The summed E-state index contributed by atoms with van der Waals surface area (Å²) in [6.07, 6.45) is 4.29. The van der Waals surface area contributed by atoms with Gasteiger partial charge >= 0.3 is 0 Å². The normalized spacial score (nSPS) is 17.0. The Hall–Kier alpha value is -1.66. The molecular formula is C14H23N5O. The quantitative estimate of drug-likeness (QED) is 0.346. The second-order valence-corrected chi connectivity index (χ2v) is 5.28. The Morgan fingerprint density at radius 3 is 2.95 bits per heavy atom. The molecule has 1 aromatic rings. The van der Waals surface area contributed by atoms with Crippen molar-refractivity contribution in [2.24, 2.45) is 10.9 Å². The van der Waals surface area contributed by atoms with Crippen LogP contribution in [0.5, 0.6) is 0 Å². The Morgan fingerprint density at radius 2 is 2.25 bits per heavy atom. The zero-order valence-corrected chi connectivity index (χ0v) is 12.0. The third-order valence-electron chi connectivity index (χ3n) is 3.68. The van der Waals surface area contributed by atoms with Crippen molar-refractivity contribution in [3.63, 3.8) is 0 Å². The Morgan fingerprint density at radius 1 is 1.50 bits per heavy atom. The standard InChI is InChI=1S/C14H23N5O/c1-18(9-10-19-7-2-3-8-19)11-12-5-4-6-16-13(12)14(15)17-20/h4-6,20H,2-3,7-11H2,1H3,(H2,15,17). The van der Waals surface area contributed by atoms with Crippen molar-refractivity contribution in [2.75, 3.05) is 33.2 Å². The number of pyridine rings is 1. The molecule has 0 atom stereocenters. The predicted octanol–water partition coefficient (Wildman–Crippen LogP) is 0.704. The number of hydrogen-bond donors (Lipinski definition) is 2. The number of nitrogens with zero attached hydrogens (tertiary/aromatic N) is 4. The van der Waals surface area contributed by atoms with Gasteiger partial charge in [0, 0.05) is 25.8 Å². The van der Waals surface area contributed by atoms with Crippen LogP contribution in [0.15, 0.2) is 23.5 Å². The van der Waals surface area contributed by atoms with E-state index in [1.165, 1.54) is 25.9 Å². The van der Waals surface area contributed by atoms with Gasteiger partial charge in [0.2, 0.25) is 0 Å². The maximum absolute atomic E-state index is 8.80. The average Bonchev–Trinajstić information content (AvgIpc) is 2.98. The molecule has 2 heterocycles. The lowest BCUT2D eigenvalue weighted by Gasteiger charge is -2.22. The minimum Gasteiger partial charge on any atom is -0.409 e. The summed E-state index contributed by atoms with van der Waals surface area (Å²) in [4.78, 5) is 8.92. The number of hydrogen-bond acceptors (Lipinski definition) is 5. The fraction of sp³-hybridized carbons (Fsp3) is 0.571. The van der Waals surface area contributed by atoms with E-state index >= 15 is 0 Å². The largest absolute Gasteiger partial charge is 0.409 e. The molecular weight excluding hydrogens is 254 g/mol. The molecule has 1 fully saturated rings. The van der Waals surface area contributed by atoms with Crippen molar-refractivity contribution in [1.82, 2.24) is 14.8 Å². The first-order valence-corrected chi connectivity index (χ1v) is 7.03. The highest BCUT2D eigenvalue weighted by atomic mass is 16.4. The smallest absolute Gasteiger partial charge is 0.189 e. The molecule has 110 valence electrons. The van der Waals surface area contributed by atoms with Crippen molar-refractivity contribution in [3.05, 3.63) is 29.6 Å². The molecule has 0 bridgehead atoms. The van der Waals surface area contributed by atoms with Gasteiger partial charge in [-0.05, 0) is 44.6 Å². The van der Waals surface area contributed by atoms with Gasteiger partial charge in [-0.3, -0.25) is 4.98 Å². The van der Waals surface area contributed by atoms with Crippen LogP contribution in [0, 0.1) is 0 Å². The van der Waals surface area contributed by atoms with Crippen molar-refractivity contribution in [3.8, 4) is 0 Å². The highest BCUT2D eigenvalue weighted by molar-refractivity contribution is 5.96. The zero-order valence-electron chi connectivity index (χ0n) is 12.0. The number of rotatable bonds is 6. The summed E-state index contributed by atoms with van der Waals surface area (Å²) in [5.74, 6) is 0.0635. The topological polar surface area (TPSA) is 78.0 Å². The van der Waals surface area contributed by atoms with Crippen LogP contribution in [0.1, 0.15) is 24.1 Å². The Labute approximate surface area is 119 Å². The number of amidine groups is 1. The molecule has 0 aliphatic carbocycles. The second-order valence-electron chi connectivity index (χ2n) is 5.28. The van der Waals surface area contributed by atoms with E-state index in [-0.39, 0.29) is 5.84 Å². The molecule has 1 saturated heterocycles. The van der Waals surface area contributed by atoms with Gasteiger partial charge in [-0.15, -0.1) is 0 Å². The number of aromatic nitrogens is 1. The highest BCUT2D eigenvalue weighted by Gasteiger charge is 2.13. The van der Waals surface area contributed by atoms with Crippen LogP contribution in [0.2, 0.25) is 0 Å². The fourth-order valence-corrected chi connectivity index (χ4v) is 2.53. The van der Waals surface area contributed by atoms with E-state index in [9.17, 15) is 0 Å². The fourth-order valence-electron chi connectivity index (χ4n) is 2.53. The van der Waals surface area contributed by atoms with Crippen molar-refractivity contribution >= 4 is 5.84 Å². The van der Waals surface area contributed by atoms with Gasteiger partial charge < -0.3 is 20.7 Å². The summed E-state index contributed by atoms with van der Waals surface area (Å²) in [7, 11) is 2.08. The molecule has 2 rings (SSSR count). The molecule has 6 heteroatoms. The number of oxime groups is 1. The van der Waals surface area contributed by atoms with Crippen LogP contribution >= 0.6 is 0 Å². The average molecular weight is 277 g/mol. The van der Waals surface area contributed by atoms with Gasteiger partial charge in [0.05, 0.1) is 0 Å². The predicted molar refractivity (Wildman–Crippen MR) is 78.8 cm³/mol. The second kappa shape index (κ2) is 7.21. The van der Waals surface area contributed by atoms with Crippen LogP contribution < -0.4 is 5.73 Å². The molecule has 0 amide bonds. The van der Waals surface area contributed by atoms with Gasteiger partial charge in [0.1, 0.15) is 5.69 Å². The van der Waals surface area contributed by atoms with E-state index in [0.29, 0.717) is 5.69 Å². The van der Waals surface area contributed by atoms with Crippen LogP contribution in [0.25, 0.3) is 0 Å². The zero-order chi connectivity index (χ0) is 14.4. The molecule has 0 aromatic carbocycles. The van der Waals surface area contributed by atoms with Gasteiger partial charge in [-0.1, -0.05) is 11.2 Å². The molecule has 6 nitrogen and oxygen atoms in total. The summed E-state index contributed by atoms with van der Waals surface area (Å²) in [6.45, 7) is 5.28. The lowest BCUT2D eigenvalue weighted by atomic mass is 10.1. The Bertz CT molecular complexity index is 457. The molecule has 0 radical (unpaired) electrons. The first-order chi connectivity index (χ1) is 9.70. The lowest BCUT2D eigenvalue weighted by molar-refractivity contribution is 0.252. The number of likely N-dealkylation sites (tertiary alicyclic amines) is 1. The maximum Gasteiger partial charge on any atom is 0.189 e. The van der Waals surface area contributed by atoms with E-state index in [1.54, 1.807) is 6.20 Å². The van der Waals surface area contributed by atoms with Gasteiger partial charge in [0.15, 0.2) is 5.84 Å². The number of nitrogens with two attached hydrogens (primary N) is 1. The van der Waals surface area contributed by atoms with E-state index in [4.69, 9.17) is 10.9 Å². The van der Waals surface area contributed by atoms with Crippen LogP contribution in [0.4, 0.5) is 0 Å². The first kappa shape index (κ1) is 14.7. The third kappa shape index (κ3) is 3.91. The minimum atomic E-state index is 0.0635. The summed E-state index contributed by atoms with van der Waals surface area (Å²) < 4.78 is 0. The molecule has 1 aromatic heterocycles. The monoisotopic (exact) mass is 277 g/mol. The minimum absolute atomic E-state index is 0.0635. The Kier molecular flexibility index (Phi) is 5.31. The maximum atomic E-state index is 8.80. The Balaban J connectivity index is 1.91. The van der Waals surface area contributed by atoms with E-state index in [1.807, 2.05) is 12.1 Å². The van der Waals surface area contributed by atoms with Crippen LogP contribution in [0.3, 0.4) is 0 Å². The van der Waals surface area contributed by atoms with Gasteiger partial charge in [0.25, 0.3) is 0 Å². The van der Waals surface area contributed by atoms with Crippen molar-refractivity contribution in [2.45, 2.75) is 19.4 Å². The van der Waals surface area contributed by atoms with E-state index in [0.717, 1.165) is 25.2 Å².